The molecule has 0 heterocycles. The molecular weight excluding hydrogens is 228 g/mol. The van der Waals surface area contributed by atoms with Gasteiger partial charge in [0.25, 0.3) is 0 Å². The van der Waals surface area contributed by atoms with Crippen LogP contribution in [-0.2, 0) is 4.74 Å². The first-order valence-corrected chi connectivity index (χ1v) is 6.30. The van der Waals surface area contributed by atoms with Gasteiger partial charge >= 0.3 is 0 Å². The van der Waals surface area contributed by atoms with Crippen molar-refractivity contribution in [2.24, 2.45) is 17.3 Å². The highest BCUT2D eigenvalue weighted by atomic mass is 79.9. The molecule has 0 bridgehead atoms. The maximum atomic E-state index is 5.71. The van der Waals surface area contributed by atoms with Crippen molar-refractivity contribution in [3.63, 3.8) is 0 Å². The zero-order valence-electron chi connectivity index (χ0n) is 8.98. The molecule has 1 atom stereocenters. The molecule has 0 N–H and O–H groups in total. The summed E-state index contributed by atoms with van der Waals surface area (Å²) < 4.78 is 5.71. The second kappa shape index (κ2) is 4.79. The van der Waals surface area contributed by atoms with Crippen LogP contribution in [0.1, 0.15) is 33.6 Å². The quantitative estimate of drug-likeness (QED) is 0.678. The largest absolute Gasteiger partial charge is 0.381 e. The fourth-order valence-electron chi connectivity index (χ4n) is 1.19. The Labute approximate surface area is 90.4 Å². The van der Waals surface area contributed by atoms with Crippen LogP contribution < -0.4 is 0 Å². The minimum Gasteiger partial charge on any atom is -0.381 e. The smallest absolute Gasteiger partial charge is 0.0507 e. The molecule has 1 rings (SSSR count). The van der Waals surface area contributed by atoms with Crippen molar-refractivity contribution in [3.05, 3.63) is 0 Å². The molecule has 0 amide bonds. The molecule has 0 aromatic heterocycles. The highest BCUT2D eigenvalue weighted by Crippen LogP contribution is 2.31. The number of ether oxygens (including phenoxy) is 1. The number of hydrogen-bond donors (Lipinski definition) is 0. The van der Waals surface area contributed by atoms with Crippen molar-refractivity contribution in [3.8, 4) is 0 Å². The van der Waals surface area contributed by atoms with Crippen molar-refractivity contribution < 1.29 is 4.74 Å². The third-order valence-electron chi connectivity index (χ3n) is 2.78. The first kappa shape index (κ1) is 11.5. The van der Waals surface area contributed by atoms with E-state index in [1.165, 1.54) is 12.8 Å². The Kier molecular flexibility index (Phi) is 4.24. The molecule has 1 nitrogen and oxygen atoms in total. The highest BCUT2D eigenvalue weighted by molar-refractivity contribution is 9.09. The van der Waals surface area contributed by atoms with Crippen LogP contribution in [0.15, 0.2) is 0 Å². The summed E-state index contributed by atoms with van der Waals surface area (Å²) in [5.41, 5.74) is 0.354. The fraction of sp³-hybridized carbons (Fsp3) is 1.00. The number of hydrogen-bond acceptors (Lipinski definition) is 1. The molecule has 1 unspecified atom stereocenters. The van der Waals surface area contributed by atoms with Crippen molar-refractivity contribution in [2.75, 3.05) is 18.5 Å². The van der Waals surface area contributed by atoms with E-state index in [2.05, 4.69) is 36.7 Å². The fourth-order valence-corrected chi connectivity index (χ4v) is 2.35. The van der Waals surface area contributed by atoms with Crippen molar-refractivity contribution in [1.29, 1.82) is 0 Å². The number of rotatable bonds is 5. The van der Waals surface area contributed by atoms with E-state index < -0.39 is 0 Å². The third kappa shape index (κ3) is 4.46. The molecule has 1 aliphatic carbocycles. The summed E-state index contributed by atoms with van der Waals surface area (Å²) in [6.45, 7) is 8.73. The van der Waals surface area contributed by atoms with Gasteiger partial charge in [0.15, 0.2) is 0 Å². The van der Waals surface area contributed by atoms with Gasteiger partial charge in [-0.15, -0.1) is 0 Å². The molecule has 78 valence electrons. The van der Waals surface area contributed by atoms with E-state index in [4.69, 9.17) is 4.74 Å². The third-order valence-corrected chi connectivity index (χ3v) is 3.56. The lowest BCUT2D eigenvalue weighted by atomic mass is 9.83. The van der Waals surface area contributed by atoms with Gasteiger partial charge in [0.2, 0.25) is 0 Å². The van der Waals surface area contributed by atoms with Gasteiger partial charge in [0.05, 0.1) is 6.61 Å². The topological polar surface area (TPSA) is 9.23 Å². The summed E-state index contributed by atoms with van der Waals surface area (Å²) in [5.74, 6) is 1.52. The molecule has 0 saturated heterocycles. The Hall–Kier alpha value is 0.440. The lowest BCUT2D eigenvalue weighted by Crippen LogP contribution is -2.26. The van der Waals surface area contributed by atoms with E-state index >= 15 is 0 Å². The summed E-state index contributed by atoms with van der Waals surface area (Å²) in [6, 6.07) is 0. The summed E-state index contributed by atoms with van der Waals surface area (Å²) in [4.78, 5) is 0. The van der Waals surface area contributed by atoms with Gasteiger partial charge in [-0.3, -0.25) is 0 Å². The standard InChI is InChI=1S/C11H21BrO/c1-11(2,3)10(6-12)8-13-7-9-4-5-9/h9-10H,4-8H2,1-3H3. The first-order valence-electron chi connectivity index (χ1n) is 5.17. The molecule has 1 saturated carbocycles. The van der Waals surface area contributed by atoms with Gasteiger partial charge in [-0.1, -0.05) is 36.7 Å². The van der Waals surface area contributed by atoms with E-state index in [1.54, 1.807) is 0 Å². The van der Waals surface area contributed by atoms with Crippen LogP contribution >= 0.6 is 15.9 Å². The molecule has 1 aliphatic rings. The van der Waals surface area contributed by atoms with Crippen LogP contribution in [0.25, 0.3) is 0 Å². The average molecular weight is 249 g/mol. The second-order valence-corrected chi connectivity index (χ2v) is 5.85. The molecule has 2 heteroatoms. The van der Waals surface area contributed by atoms with Crippen LogP contribution in [0.3, 0.4) is 0 Å². The maximum absolute atomic E-state index is 5.71. The predicted octanol–water partition coefficient (Wildman–Crippen LogP) is 3.47. The summed E-state index contributed by atoms with van der Waals surface area (Å²) in [6.07, 6.45) is 2.77. The molecule has 0 aliphatic heterocycles. The molecule has 0 aromatic carbocycles. The Balaban J connectivity index is 2.14. The normalized spacial score (nSPS) is 20.3. The highest BCUT2D eigenvalue weighted by Gasteiger charge is 2.26. The molecule has 0 aromatic rings. The van der Waals surface area contributed by atoms with Crippen LogP contribution in [0.2, 0.25) is 0 Å². The van der Waals surface area contributed by atoms with Gasteiger partial charge in [0.1, 0.15) is 0 Å². The molecule has 13 heavy (non-hydrogen) atoms. The van der Waals surface area contributed by atoms with E-state index in [0.717, 1.165) is 24.5 Å². The molecule has 0 radical (unpaired) electrons. The van der Waals surface area contributed by atoms with Gasteiger partial charge in [-0.05, 0) is 30.1 Å². The Bertz CT molecular complexity index is 147. The first-order chi connectivity index (χ1) is 6.04. The average Bonchev–Trinajstić information content (AvgIpc) is 2.78. The van der Waals surface area contributed by atoms with E-state index in [-0.39, 0.29) is 0 Å². The zero-order chi connectivity index (χ0) is 9.90. The summed E-state index contributed by atoms with van der Waals surface area (Å²) >= 11 is 3.55. The second-order valence-electron chi connectivity index (χ2n) is 5.20. The molecule has 1 fully saturated rings. The van der Waals surface area contributed by atoms with Crippen molar-refractivity contribution in [2.45, 2.75) is 33.6 Å². The van der Waals surface area contributed by atoms with Crippen molar-refractivity contribution in [1.82, 2.24) is 0 Å². The minimum absolute atomic E-state index is 0.354. The maximum Gasteiger partial charge on any atom is 0.0507 e. The van der Waals surface area contributed by atoms with E-state index in [9.17, 15) is 0 Å². The number of halogens is 1. The van der Waals surface area contributed by atoms with Crippen LogP contribution in [0.4, 0.5) is 0 Å². The Morgan fingerprint density at radius 3 is 2.38 bits per heavy atom. The van der Waals surface area contributed by atoms with Crippen LogP contribution in [0.5, 0.6) is 0 Å². The van der Waals surface area contributed by atoms with Gasteiger partial charge in [-0.2, -0.15) is 0 Å². The lowest BCUT2D eigenvalue weighted by molar-refractivity contribution is 0.0606. The van der Waals surface area contributed by atoms with Gasteiger partial charge < -0.3 is 4.74 Å². The molecular formula is C11H21BrO. The zero-order valence-corrected chi connectivity index (χ0v) is 10.6. The predicted molar refractivity (Wildman–Crippen MR) is 60.3 cm³/mol. The van der Waals surface area contributed by atoms with Crippen molar-refractivity contribution >= 4 is 15.9 Å². The molecule has 0 spiro atoms. The lowest BCUT2D eigenvalue weighted by Gasteiger charge is -2.28. The summed E-state index contributed by atoms with van der Waals surface area (Å²) in [5, 5.41) is 1.04. The monoisotopic (exact) mass is 248 g/mol. The van der Waals surface area contributed by atoms with E-state index in [0.29, 0.717) is 11.3 Å². The van der Waals surface area contributed by atoms with Crippen LogP contribution in [0, 0.1) is 17.3 Å². The number of alkyl halides is 1. The van der Waals surface area contributed by atoms with Crippen LogP contribution in [-0.4, -0.2) is 18.5 Å². The minimum atomic E-state index is 0.354. The Morgan fingerprint density at radius 2 is 2.00 bits per heavy atom. The van der Waals surface area contributed by atoms with E-state index in [1.807, 2.05) is 0 Å². The SMILES string of the molecule is CC(C)(C)C(CBr)COCC1CC1. The summed E-state index contributed by atoms with van der Waals surface area (Å²) in [7, 11) is 0. The van der Waals surface area contributed by atoms with Gasteiger partial charge in [-0.25, -0.2) is 0 Å². The van der Waals surface area contributed by atoms with Gasteiger partial charge in [0, 0.05) is 11.9 Å². The Morgan fingerprint density at radius 1 is 1.38 bits per heavy atom.